The molecule has 20 heavy (non-hydrogen) atoms. The van der Waals surface area contributed by atoms with Crippen LogP contribution in [0.3, 0.4) is 0 Å². The smallest absolute Gasteiger partial charge is 0.261 e. The topological polar surface area (TPSA) is 75.7 Å². The number of amides is 3. The van der Waals surface area contributed by atoms with Crippen LogP contribution in [0.1, 0.15) is 33.6 Å². The van der Waals surface area contributed by atoms with Crippen molar-refractivity contribution in [3.63, 3.8) is 0 Å². The third-order valence-electron chi connectivity index (χ3n) is 2.93. The zero-order chi connectivity index (χ0) is 14.7. The number of halogens is 1. The van der Waals surface area contributed by atoms with Crippen molar-refractivity contribution in [3.8, 4) is 0 Å². The van der Waals surface area contributed by atoms with Gasteiger partial charge in [-0.25, -0.2) is 5.48 Å². The molecule has 1 N–H and O–H groups in total. The van der Waals surface area contributed by atoms with Gasteiger partial charge in [0.1, 0.15) is 0 Å². The van der Waals surface area contributed by atoms with Gasteiger partial charge in [-0.05, 0) is 24.6 Å². The maximum Gasteiger partial charge on any atom is 0.261 e. The first-order valence-corrected chi connectivity index (χ1v) is 6.81. The number of benzene rings is 1. The number of rotatable bonds is 5. The summed E-state index contributed by atoms with van der Waals surface area (Å²) < 4.78 is 0.749. The van der Waals surface area contributed by atoms with Crippen molar-refractivity contribution in [1.82, 2.24) is 10.4 Å². The summed E-state index contributed by atoms with van der Waals surface area (Å²) in [4.78, 5) is 41.1. The molecule has 3 amide bonds. The second-order valence-electron chi connectivity index (χ2n) is 4.28. The standard InChI is InChI=1S/C13H13BrN2O4/c1-20-15-11(17)3-2-6-16-12(18)9-5-4-8(14)7-10(9)13(16)19/h4-5,7H,2-3,6H2,1H3,(H,15,17). The number of carbonyl (C=O) groups is 3. The van der Waals surface area contributed by atoms with Crippen molar-refractivity contribution >= 4 is 33.7 Å². The highest BCUT2D eigenvalue weighted by Crippen LogP contribution is 2.26. The van der Waals surface area contributed by atoms with Crippen molar-refractivity contribution in [3.05, 3.63) is 33.8 Å². The Bertz CT molecular complexity index is 573. The van der Waals surface area contributed by atoms with Gasteiger partial charge in [0.2, 0.25) is 5.91 Å². The number of nitrogens with zero attached hydrogens (tertiary/aromatic N) is 1. The number of imide groups is 1. The molecule has 7 heteroatoms. The Balaban J connectivity index is 2.00. The predicted molar refractivity (Wildman–Crippen MR) is 73.9 cm³/mol. The maximum atomic E-state index is 12.1. The fourth-order valence-electron chi connectivity index (χ4n) is 2.03. The maximum absolute atomic E-state index is 12.1. The molecular weight excluding hydrogens is 328 g/mol. The quantitative estimate of drug-likeness (QED) is 0.651. The average Bonchev–Trinajstić information content (AvgIpc) is 2.63. The summed E-state index contributed by atoms with van der Waals surface area (Å²) in [6.45, 7) is 0.209. The van der Waals surface area contributed by atoms with Crippen molar-refractivity contribution in [1.29, 1.82) is 0 Å². The Kier molecular flexibility index (Phi) is 4.51. The van der Waals surface area contributed by atoms with E-state index in [1.54, 1.807) is 18.2 Å². The largest absolute Gasteiger partial charge is 0.277 e. The highest BCUT2D eigenvalue weighted by Gasteiger charge is 2.35. The molecule has 106 valence electrons. The molecule has 1 aromatic carbocycles. The van der Waals surface area contributed by atoms with Crippen LogP contribution in [0.4, 0.5) is 0 Å². The van der Waals surface area contributed by atoms with Gasteiger partial charge >= 0.3 is 0 Å². The first-order valence-electron chi connectivity index (χ1n) is 6.02. The number of nitrogens with one attached hydrogen (secondary N) is 1. The Morgan fingerprint density at radius 3 is 2.70 bits per heavy atom. The lowest BCUT2D eigenvalue weighted by Crippen LogP contribution is -2.31. The third kappa shape index (κ3) is 2.88. The number of hydroxylamine groups is 1. The van der Waals surface area contributed by atoms with E-state index < -0.39 is 0 Å². The number of hydrogen-bond acceptors (Lipinski definition) is 4. The molecule has 1 heterocycles. The molecule has 1 aliphatic heterocycles. The lowest BCUT2D eigenvalue weighted by Gasteiger charge is -2.13. The summed E-state index contributed by atoms with van der Waals surface area (Å²) in [5.74, 6) is -0.921. The third-order valence-corrected chi connectivity index (χ3v) is 3.43. The minimum atomic E-state index is -0.321. The first-order chi connectivity index (χ1) is 9.54. The van der Waals surface area contributed by atoms with Crippen LogP contribution in [0.25, 0.3) is 0 Å². The van der Waals surface area contributed by atoms with E-state index in [4.69, 9.17) is 0 Å². The van der Waals surface area contributed by atoms with Crippen LogP contribution < -0.4 is 5.48 Å². The molecule has 0 spiro atoms. The van der Waals surface area contributed by atoms with Crippen LogP contribution in [0.15, 0.2) is 22.7 Å². The molecule has 0 aliphatic carbocycles. The minimum absolute atomic E-state index is 0.185. The zero-order valence-electron chi connectivity index (χ0n) is 10.8. The van der Waals surface area contributed by atoms with Crippen LogP contribution >= 0.6 is 15.9 Å². The second-order valence-corrected chi connectivity index (χ2v) is 5.20. The Labute approximate surface area is 124 Å². The lowest BCUT2D eigenvalue weighted by molar-refractivity contribution is -0.131. The van der Waals surface area contributed by atoms with Gasteiger partial charge in [0.15, 0.2) is 0 Å². The minimum Gasteiger partial charge on any atom is -0.277 e. The van der Waals surface area contributed by atoms with Gasteiger partial charge in [-0.2, -0.15) is 0 Å². The highest BCUT2D eigenvalue weighted by molar-refractivity contribution is 9.10. The van der Waals surface area contributed by atoms with Crippen LogP contribution in [-0.2, 0) is 9.63 Å². The first kappa shape index (κ1) is 14.7. The van der Waals surface area contributed by atoms with E-state index in [-0.39, 0.29) is 30.7 Å². The molecule has 0 radical (unpaired) electrons. The van der Waals surface area contributed by atoms with E-state index in [1.807, 2.05) is 0 Å². The fourth-order valence-corrected chi connectivity index (χ4v) is 2.39. The summed E-state index contributed by atoms with van der Waals surface area (Å²) in [7, 11) is 1.35. The molecule has 1 aromatic rings. The Morgan fingerprint density at radius 1 is 1.30 bits per heavy atom. The van der Waals surface area contributed by atoms with Gasteiger partial charge in [-0.3, -0.25) is 24.1 Å². The summed E-state index contributed by atoms with van der Waals surface area (Å²) in [5, 5.41) is 0. The molecule has 0 saturated heterocycles. The van der Waals surface area contributed by atoms with Gasteiger partial charge < -0.3 is 0 Å². The normalized spacial score (nSPS) is 13.6. The van der Waals surface area contributed by atoms with E-state index in [2.05, 4.69) is 26.2 Å². The summed E-state index contributed by atoms with van der Waals surface area (Å²) in [5.41, 5.74) is 2.98. The van der Waals surface area contributed by atoms with Gasteiger partial charge in [0.05, 0.1) is 18.2 Å². The van der Waals surface area contributed by atoms with Crippen molar-refractivity contribution in [2.24, 2.45) is 0 Å². The molecule has 0 fully saturated rings. The van der Waals surface area contributed by atoms with E-state index in [0.717, 1.165) is 9.37 Å². The van der Waals surface area contributed by atoms with Gasteiger partial charge in [-0.15, -0.1) is 0 Å². The van der Waals surface area contributed by atoms with Crippen LogP contribution in [0.2, 0.25) is 0 Å². The zero-order valence-corrected chi connectivity index (χ0v) is 12.4. The van der Waals surface area contributed by atoms with Crippen molar-refractivity contribution in [2.45, 2.75) is 12.8 Å². The Morgan fingerprint density at radius 2 is 2.00 bits per heavy atom. The van der Waals surface area contributed by atoms with E-state index in [9.17, 15) is 14.4 Å². The predicted octanol–water partition coefficient (Wildman–Crippen LogP) is 1.50. The average molecular weight is 341 g/mol. The SMILES string of the molecule is CONC(=O)CCCN1C(=O)c2ccc(Br)cc2C1=O. The Hall–Kier alpha value is -1.73. The number of carbonyl (C=O) groups excluding carboxylic acids is 3. The molecule has 0 saturated carbocycles. The number of hydrogen-bond donors (Lipinski definition) is 1. The molecule has 0 unspecified atom stereocenters. The summed E-state index contributed by atoms with van der Waals surface area (Å²) in [6.07, 6.45) is 0.576. The molecule has 0 bridgehead atoms. The van der Waals surface area contributed by atoms with E-state index in [0.29, 0.717) is 17.5 Å². The summed E-state index contributed by atoms with van der Waals surface area (Å²) >= 11 is 3.27. The monoisotopic (exact) mass is 340 g/mol. The summed E-state index contributed by atoms with van der Waals surface area (Å²) in [6, 6.07) is 4.98. The molecular formula is C13H13BrN2O4. The molecule has 0 atom stereocenters. The van der Waals surface area contributed by atoms with E-state index in [1.165, 1.54) is 7.11 Å². The molecule has 6 nitrogen and oxygen atoms in total. The van der Waals surface area contributed by atoms with Crippen molar-refractivity contribution < 1.29 is 19.2 Å². The van der Waals surface area contributed by atoms with Crippen LogP contribution in [0, 0.1) is 0 Å². The van der Waals surface area contributed by atoms with Gasteiger partial charge in [0.25, 0.3) is 11.8 Å². The lowest BCUT2D eigenvalue weighted by atomic mass is 10.1. The van der Waals surface area contributed by atoms with E-state index >= 15 is 0 Å². The molecule has 1 aliphatic rings. The van der Waals surface area contributed by atoms with Crippen LogP contribution in [-0.4, -0.2) is 36.3 Å². The van der Waals surface area contributed by atoms with Gasteiger partial charge in [0, 0.05) is 17.4 Å². The highest BCUT2D eigenvalue weighted by atomic mass is 79.9. The molecule has 0 aromatic heterocycles. The van der Waals surface area contributed by atoms with Crippen molar-refractivity contribution in [2.75, 3.05) is 13.7 Å². The van der Waals surface area contributed by atoms with Crippen LogP contribution in [0.5, 0.6) is 0 Å². The fraction of sp³-hybridized carbons (Fsp3) is 0.308. The second kappa shape index (κ2) is 6.15. The molecule has 2 rings (SSSR count). The van der Waals surface area contributed by atoms with Gasteiger partial charge in [-0.1, -0.05) is 15.9 Å². The number of fused-ring (bicyclic) bond motifs is 1.